The van der Waals surface area contributed by atoms with Gasteiger partial charge in [-0.25, -0.2) is 0 Å². The lowest BCUT2D eigenvalue weighted by Gasteiger charge is -2.05. The standard InChI is InChI=1S/C9H12N2O3.C8H9ClN2O3/c1-7-2-3-8(10-4-5-12)9(6-7)11(13)14;9-6-1-2-7(10-3-4-12)8(5-6)11(13)14/h2-3,6,10,12H,4-5H2,1H3;1-2,5,10,12H,3-4H2. The largest absolute Gasteiger partial charge is 0.395 e. The smallest absolute Gasteiger partial charge is 0.293 e. The van der Waals surface area contributed by atoms with Gasteiger partial charge >= 0.3 is 0 Å². The maximum absolute atomic E-state index is 10.6. The number of halogens is 1. The van der Waals surface area contributed by atoms with Crippen molar-refractivity contribution in [2.45, 2.75) is 6.92 Å². The predicted octanol–water partition coefficient (Wildman–Crippen LogP) is 2.96. The van der Waals surface area contributed by atoms with Gasteiger partial charge in [0.25, 0.3) is 11.4 Å². The number of rotatable bonds is 8. The van der Waals surface area contributed by atoms with Crippen molar-refractivity contribution in [1.29, 1.82) is 0 Å². The zero-order valence-electron chi connectivity index (χ0n) is 15.1. The van der Waals surface area contributed by atoms with Gasteiger partial charge in [0.15, 0.2) is 0 Å². The minimum Gasteiger partial charge on any atom is -0.395 e. The maximum atomic E-state index is 10.6. The number of nitro benzene ring substituents is 2. The highest BCUT2D eigenvalue weighted by molar-refractivity contribution is 6.30. The third kappa shape index (κ3) is 7.35. The van der Waals surface area contributed by atoms with Gasteiger partial charge < -0.3 is 20.8 Å². The molecule has 4 N–H and O–H groups in total. The molecule has 28 heavy (non-hydrogen) atoms. The van der Waals surface area contributed by atoms with Crippen LogP contribution in [0, 0.1) is 27.2 Å². The molecular formula is C17H21ClN4O6. The summed E-state index contributed by atoms with van der Waals surface area (Å²) in [7, 11) is 0. The number of aliphatic hydroxyl groups is 2. The van der Waals surface area contributed by atoms with Gasteiger partial charge in [0.2, 0.25) is 0 Å². The van der Waals surface area contributed by atoms with Crippen molar-refractivity contribution in [2.75, 3.05) is 36.9 Å². The quantitative estimate of drug-likeness (QED) is 0.381. The first-order valence-corrected chi connectivity index (χ1v) is 8.56. The second kappa shape index (κ2) is 11.7. The van der Waals surface area contributed by atoms with E-state index in [1.54, 1.807) is 25.1 Å². The van der Waals surface area contributed by atoms with Crippen LogP contribution in [0.25, 0.3) is 0 Å². The molecule has 2 aromatic rings. The SMILES string of the molecule is Cc1ccc(NCCO)c([N+](=O)[O-])c1.O=[N+]([O-])c1cc(Cl)ccc1NCCO. The van der Waals surface area contributed by atoms with E-state index in [1.165, 1.54) is 18.2 Å². The van der Waals surface area contributed by atoms with E-state index in [-0.39, 0.29) is 31.1 Å². The Morgan fingerprint density at radius 3 is 1.82 bits per heavy atom. The van der Waals surface area contributed by atoms with Crippen LogP contribution in [0.5, 0.6) is 0 Å². The highest BCUT2D eigenvalue weighted by atomic mass is 35.5. The molecule has 11 heteroatoms. The van der Waals surface area contributed by atoms with E-state index in [4.69, 9.17) is 21.8 Å². The van der Waals surface area contributed by atoms with E-state index in [0.29, 0.717) is 22.9 Å². The molecule has 0 fully saturated rings. The van der Waals surface area contributed by atoms with Crippen molar-refractivity contribution in [2.24, 2.45) is 0 Å². The molecular weight excluding hydrogens is 392 g/mol. The average molecular weight is 413 g/mol. The van der Waals surface area contributed by atoms with Crippen LogP contribution < -0.4 is 10.6 Å². The van der Waals surface area contributed by atoms with E-state index >= 15 is 0 Å². The van der Waals surface area contributed by atoms with E-state index in [2.05, 4.69) is 10.6 Å². The summed E-state index contributed by atoms with van der Waals surface area (Å²) in [5.41, 5.74) is 1.58. The molecule has 0 spiro atoms. The lowest BCUT2D eigenvalue weighted by molar-refractivity contribution is -0.384. The molecule has 0 heterocycles. The lowest BCUT2D eigenvalue weighted by Crippen LogP contribution is -2.07. The average Bonchev–Trinajstić information content (AvgIpc) is 2.66. The van der Waals surface area contributed by atoms with Crippen molar-refractivity contribution in [3.05, 3.63) is 67.2 Å². The minimum atomic E-state index is -0.522. The van der Waals surface area contributed by atoms with Gasteiger partial charge in [-0.1, -0.05) is 17.7 Å². The van der Waals surface area contributed by atoms with Gasteiger partial charge in [0.05, 0.1) is 23.1 Å². The fourth-order valence-electron chi connectivity index (χ4n) is 2.13. The second-order valence-corrected chi connectivity index (χ2v) is 5.93. The maximum Gasteiger partial charge on any atom is 0.293 e. The van der Waals surface area contributed by atoms with Crippen LogP contribution in [0.3, 0.4) is 0 Å². The molecule has 0 aliphatic carbocycles. The second-order valence-electron chi connectivity index (χ2n) is 5.50. The molecule has 0 unspecified atom stereocenters. The van der Waals surface area contributed by atoms with Crippen LogP contribution in [-0.2, 0) is 0 Å². The van der Waals surface area contributed by atoms with Crippen molar-refractivity contribution in [3.63, 3.8) is 0 Å². The summed E-state index contributed by atoms with van der Waals surface area (Å²) in [6.07, 6.45) is 0. The molecule has 0 aromatic heterocycles. The normalized spacial score (nSPS) is 9.86. The number of benzene rings is 2. The summed E-state index contributed by atoms with van der Waals surface area (Å²) >= 11 is 5.61. The molecule has 0 aliphatic heterocycles. The van der Waals surface area contributed by atoms with Gasteiger partial charge in [0, 0.05) is 30.2 Å². The summed E-state index contributed by atoms with van der Waals surface area (Å²) in [5, 5.41) is 44.2. The summed E-state index contributed by atoms with van der Waals surface area (Å²) in [5.74, 6) is 0. The van der Waals surface area contributed by atoms with Gasteiger partial charge in [-0.3, -0.25) is 20.2 Å². The fraction of sp³-hybridized carbons (Fsp3) is 0.294. The molecule has 2 aromatic carbocycles. The van der Waals surface area contributed by atoms with Crippen LogP contribution in [0.2, 0.25) is 5.02 Å². The summed E-state index contributed by atoms with van der Waals surface area (Å²) in [6.45, 7) is 2.24. The summed E-state index contributed by atoms with van der Waals surface area (Å²) in [4.78, 5) is 20.3. The number of anilines is 2. The molecule has 10 nitrogen and oxygen atoms in total. The zero-order valence-corrected chi connectivity index (χ0v) is 15.8. The molecule has 0 radical (unpaired) electrons. The molecule has 2 rings (SSSR count). The first kappa shape index (κ1) is 23.1. The Bertz CT molecular complexity index is 751. The molecule has 0 atom stereocenters. The van der Waals surface area contributed by atoms with Crippen LogP contribution in [0.4, 0.5) is 22.7 Å². The van der Waals surface area contributed by atoms with Crippen LogP contribution in [0.15, 0.2) is 36.4 Å². The number of hydrogen-bond acceptors (Lipinski definition) is 8. The van der Waals surface area contributed by atoms with Crippen molar-refractivity contribution in [1.82, 2.24) is 0 Å². The third-order valence-electron chi connectivity index (χ3n) is 3.36. The summed E-state index contributed by atoms with van der Waals surface area (Å²) in [6, 6.07) is 9.25. The number of hydrogen-bond donors (Lipinski definition) is 4. The Kier molecular flexibility index (Phi) is 9.65. The zero-order chi connectivity index (χ0) is 21.1. The first-order chi connectivity index (χ1) is 13.3. The lowest BCUT2D eigenvalue weighted by atomic mass is 10.2. The molecule has 152 valence electrons. The Morgan fingerprint density at radius 1 is 0.893 bits per heavy atom. The van der Waals surface area contributed by atoms with E-state index in [9.17, 15) is 20.2 Å². The number of nitrogens with zero attached hydrogens (tertiary/aromatic N) is 2. The Balaban J connectivity index is 0.000000280. The summed E-state index contributed by atoms with van der Waals surface area (Å²) < 4.78 is 0. The number of aliphatic hydroxyl groups excluding tert-OH is 2. The van der Waals surface area contributed by atoms with Crippen molar-refractivity contribution < 1.29 is 20.1 Å². The van der Waals surface area contributed by atoms with Gasteiger partial charge in [-0.15, -0.1) is 0 Å². The van der Waals surface area contributed by atoms with Crippen LogP contribution in [0.1, 0.15) is 5.56 Å². The molecule has 0 amide bonds. The van der Waals surface area contributed by atoms with Crippen LogP contribution in [-0.4, -0.2) is 46.4 Å². The molecule has 0 bridgehead atoms. The molecule has 0 saturated heterocycles. The monoisotopic (exact) mass is 412 g/mol. The van der Waals surface area contributed by atoms with Crippen molar-refractivity contribution in [3.8, 4) is 0 Å². The van der Waals surface area contributed by atoms with Gasteiger partial charge in [0.1, 0.15) is 11.4 Å². The van der Waals surface area contributed by atoms with E-state index in [1.807, 2.05) is 0 Å². The highest BCUT2D eigenvalue weighted by Crippen LogP contribution is 2.27. The molecule has 0 aliphatic rings. The number of nitrogens with one attached hydrogen (secondary N) is 2. The van der Waals surface area contributed by atoms with Crippen LogP contribution >= 0.6 is 11.6 Å². The van der Waals surface area contributed by atoms with E-state index < -0.39 is 9.85 Å². The predicted molar refractivity (Wildman–Crippen MR) is 107 cm³/mol. The third-order valence-corrected chi connectivity index (χ3v) is 3.60. The van der Waals surface area contributed by atoms with Crippen molar-refractivity contribution >= 4 is 34.4 Å². The number of nitro groups is 2. The Morgan fingerprint density at radius 2 is 1.36 bits per heavy atom. The number of aryl methyl sites for hydroxylation is 1. The van der Waals surface area contributed by atoms with E-state index in [0.717, 1.165) is 5.56 Å². The molecule has 0 saturated carbocycles. The Hall–Kier alpha value is -2.95. The highest BCUT2D eigenvalue weighted by Gasteiger charge is 2.13. The minimum absolute atomic E-state index is 0.0402. The van der Waals surface area contributed by atoms with Gasteiger partial charge in [-0.2, -0.15) is 0 Å². The fourth-order valence-corrected chi connectivity index (χ4v) is 2.30. The first-order valence-electron chi connectivity index (χ1n) is 8.18. The van der Waals surface area contributed by atoms with Gasteiger partial charge in [-0.05, 0) is 30.7 Å². The Labute approximate surface area is 166 Å². The topological polar surface area (TPSA) is 151 Å².